The summed E-state index contributed by atoms with van der Waals surface area (Å²) in [6, 6.07) is 23.1. The first kappa shape index (κ1) is 26.5. The van der Waals surface area contributed by atoms with Gasteiger partial charge in [-0.1, -0.05) is 62.9 Å². The third-order valence-electron chi connectivity index (χ3n) is 9.16. The standard InChI is InChI=1S/C34H42N2O2/c1-5-18-36(23-25(2)3)19-17-34(29-11-8-12-32(21-29)38-4)22-31(16-15-30(34)24-36)35-33(37)28-14-13-26-9-6-7-10-27(26)20-28/h5-14,20-21,25,30-31H,1,15-19,22-24H2,2-4H3/p+1/t30?,31-,34+,36-/m0/s1. The lowest BCUT2D eigenvalue weighted by Crippen LogP contribution is -2.64. The summed E-state index contributed by atoms with van der Waals surface area (Å²) in [5, 5.41) is 5.70. The number of nitrogens with one attached hydrogen (secondary N) is 1. The number of likely N-dealkylation sites (tertiary alicyclic amines) is 1. The van der Waals surface area contributed by atoms with Crippen molar-refractivity contribution < 1.29 is 14.0 Å². The summed E-state index contributed by atoms with van der Waals surface area (Å²) in [6.45, 7) is 13.3. The molecule has 4 nitrogen and oxygen atoms in total. The number of quaternary nitrogens is 1. The van der Waals surface area contributed by atoms with Crippen LogP contribution in [0.4, 0.5) is 0 Å². The minimum absolute atomic E-state index is 0.0346. The summed E-state index contributed by atoms with van der Waals surface area (Å²) in [5.74, 6) is 2.16. The largest absolute Gasteiger partial charge is 0.497 e. The predicted molar refractivity (Wildman–Crippen MR) is 157 cm³/mol. The molecular weight excluding hydrogens is 468 g/mol. The number of nitrogens with zero attached hydrogens (tertiary/aromatic N) is 1. The Kier molecular flexibility index (Phi) is 7.63. The van der Waals surface area contributed by atoms with Gasteiger partial charge in [0.25, 0.3) is 5.91 Å². The van der Waals surface area contributed by atoms with Crippen molar-refractivity contribution in [1.29, 1.82) is 0 Å². The number of hydrogen-bond acceptors (Lipinski definition) is 2. The Labute approximate surface area is 228 Å². The second-order valence-electron chi connectivity index (χ2n) is 12.1. The molecule has 1 aliphatic heterocycles. The van der Waals surface area contributed by atoms with Gasteiger partial charge in [-0.3, -0.25) is 4.79 Å². The highest BCUT2D eigenvalue weighted by atomic mass is 16.5. The number of ether oxygens (including phenoxy) is 1. The number of hydrogen-bond donors (Lipinski definition) is 1. The Bertz CT molecular complexity index is 1300. The molecule has 3 aromatic carbocycles. The Morgan fingerprint density at radius 1 is 1.11 bits per heavy atom. The fourth-order valence-corrected chi connectivity index (χ4v) is 7.56. The maximum absolute atomic E-state index is 13.4. The van der Waals surface area contributed by atoms with Gasteiger partial charge in [-0.05, 0) is 65.9 Å². The van der Waals surface area contributed by atoms with Crippen LogP contribution in [0, 0.1) is 11.8 Å². The van der Waals surface area contributed by atoms with Crippen LogP contribution in [0.5, 0.6) is 5.75 Å². The van der Waals surface area contributed by atoms with Gasteiger partial charge in [0.1, 0.15) is 5.75 Å². The summed E-state index contributed by atoms with van der Waals surface area (Å²) >= 11 is 0. The summed E-state index contributed by atoms with van der Waals surface area (Å²) in [5.41, 5.74) is 2.14. The molecule has 1 saturated heterocycles. The number of fused-ring (bicyclic) bond motifs is 2. The SMILES string of the molecule is C=CC[N@@+]1(CC(C)C)CC[C@]2(c3cccc(OC)c3)C[C@@H](NC(=O)c3ccc4ccccc4c3)CCC2C1. The summed E-state index contributed by atoms with van der Waals surface area (Å²) in [7, 11) is 1.75. The normalized spacial score (nSPS) is 27.1. The molecule has 1 saturated carbocycles. The second-order valence-corrected chi connectivity index (χ2v) is 12.1. The van der Waals surface area contributed by atoms with E-state index in [-0.39, 0.29) is 17.4 Å². The Balaban J connectivity index is 1.42. The zero-order chi connectivity index (χ0) is 26.8. The highest BCUT2D eigenvalue weighted by Gasteiger charge is 2.53. The molecule has 4 heteroatoms. The lowest BCUT2D eigenvalue weighted by atomic mass is 9.57. The quantitative estimate of drug-likeness (QED) is 0.268. The molecular formula is C34H43N2O2+. The first-order valence-electron chi connectivity index (χ1n) is 14.3. The van der Waals surface area contributed by atoms with Crippen LogP contribution in [-0.4, -0.2) is 49.7 Å². The van der Waals surface area contributed by atoms with Crippen molar-refractivity contribution in [2.24, 2.45) is 11.8 Å². The number of amides is 1. The molecule has 3 aromatic rings. The van der Waals surface area contributed by atoms with Gasteiger partial charge in [-0.25, -0.2) is 0 Å². The molecule has 0 radical (unpaired) electrons. The molecule has 1 heterocycles. The summed E-state index contributed by atoms with van der Waals surface area (Å²) in [6.07, 6.45) is 6.35. The maximum Gasteiger partial charge on any atom is 0.251 e. The van der Waals surface area contributed by atoms with Crippen molar-refractivity contribution >= 4 is 16.7 Å². The first-order chi connectivity index (χ1) is 18.4. The molecule has 0 spiro atoms. The zero-order valence-corrected chi connectivity index (χ0v) is 23.3. The van der Waals surface area contributed by atoms with Crippen molar-refractivity contribution in [2.45, 2.75) is 51.0 Å². The Morgan fingerprint density at radius 2 is 1.92 bits per heavy atom. The number of methoxy groups -OCH3 is 1. The second kappa shape index (κ2) is 10.9. The average Bonchev–Trinajstić information content (AvgIpc) is 2.92. The molecule has 0 bridgehead atoms. The summed E-state index contributed by atoms with van der Waals surface area (Å²) < 4.78 is 6.78. The minimum atomic E-state index is 0.0346. The van der Waals surface area contributed by atoms with Gasteiger partial charge in [-0.15, -0.1) is 0 Å². The average molecular weight is 512 g/mol. The van der Waals surface area contributed by atoms with Crippen LogP contribution in [0.1, 0.15) is 55.5 Å². The van der Waals surface area contributed by atoms with Gasteiger partial charge in [0.2, 0.25) is 0 Å². The van der Waals surface area contributed by atoms with E-state index in [9.17, 15) is 4.79 Å². The van der Waals surface area contributed by atoms with Gasteiger partial charge in [-0.2, -0.15) is 0 Å². The third kappa shape index (κ3) is 5.24. The van der Waals surface area contributed by atoms with Gasteiger partial charge in [0.15, 0.2) is 0 Å². The van der Waals surface area contributed by atoms with Crippen LogP contribution in [-0.2, 0) is 5.41 Å². The zero-order valence-electron chi connectivity index (χ0n) is 23.3. The van der Waals surface area contributed by atoms with Crippen LogP contribution in [0.2, 0.25) is 0 Å². The monoisotopic (exact) mass is 511 g/mol. The van der Waals surface area contributed by atoms with Crippen molar-refractivity contribution in [1.82, 2.24) is 5.32 Å². The van der Waals surface area contributed by atoms with Gasteiger partial charge in [0.05, 0.1) is 33.3 Å². The number of carbonyl (C=O) groups is 1. The number of benzene rings is 3. The highest BCUT2D eigenvalue weighted by Crippen LogP contribution is 2.51. The van der Waals surface area contributed by atoms with E-state index in [0.717, 1.165) is 65.3 Å². The van der Waals surface area contributed by atoms with Crippen LogP contribution in [0.25, 0.3) is 10.8 Å². The van der Waals surface area contributed by atoms with Crippen LogP contribution < -0.4 is 10.1 Å². The molecule has 1 unspecified atom stereocenters. The van der Waals surface area contributed by atoms with E-state index >= 15 is 0 Å². The fraction of sp³-hybridized carbons (Fsp3) is 0.441. The molecule has 1 amide bonds. The molecule has 0 aromatic heterocycles. The molecule has 1 N–H and O–H groups in total. The summed E-state index contributed by atoms with van der Waals surface area (Å²) in [4.78, 5) is 13.4. The van der Waals surface area contributed by atoms with Crippen molar-refractivity contribution in [2.75, 3.05) is 33.3 Å². The maximum atomic E-state index is 13.4. The predicted octanol–water partition coefficient (Wildman–Crippen LogP) is 6.75. The molecule has 4 atom stereocenters. The van der Waals surface area contributed by atoms with Gasteiger partial charge in [0, 0.05) is 35.3 Å². The van der Waals surface area contributed by atoms with E-state index in [1.807, 2.05) is 36.4 Å². The smallest absolute Gasteiger partial charge is 0.251 e. The van der Waals surface area contributed by atoms with E-state index in [0.29, 0.717) is 11.8 Å². The number of carbonyl (C=O) groups excluding carboxylic acids is 1. The highest BCUT2D eigenvalue weighted by molar-refractivity contribution is 5.98. The lowest BCUT2D eigenvalue weighted by Gasteiger charge is -2.56. The van der Waals surface area contributed by atoms with E-state index in [1.54, 1.807) is 7.11 Å². The van der Waals surface area contributed by atoms with E-state index in [1.165, 1.54) is 18.7 Å². The molecule has 5 rings (SSSR count). The molecule has 200 valence electrons. The van der Waals surface area contributed by atoms with E-state index in [2.05, 4.69) is 62.2 Å². The van der Waals surface area contributed by atoms with Crippen molar-refractivity contribution in [3.8, 4) is 5.75 Å². The van der Waals surface area contributed by atoms with Crippen LogP contribution in [0.15, 0.2) is 79.4 Å². The third-order valence-corrected chi connectivity index (χ3v) is 9.16. The topological polar surface area (TPSA) is 38.3 Å². The minimum Gasteiger partial charge on any atom is -0.497 e. The molecule has 2 aliphatic rings. The Morgan fingerprint density at radius 3 is 2.68 bits per heavy atom. The van der Waals surface area contributed by atoms with E-state index in [4.69, 9.17) is 4.74 Å². The number of rotatable bonds is 8. The lowest BCUT2D eigenvalue weighted by molar-refractivity contribution is -0.935. The van der Waals surface area contributed by atoms with Gasteiger partial charge >= 0.3 is 0 Å². The molecule has 2 fully saturated rings. The van der Waals surface area contributed by atoms with Crippen molar-refractivity contribution in [3.05, 3.63) is 90.5 Å². The van der Waals surface area contributed by atoms with Crippen molar-refractivity contribution in [3.63, 3.8) is 0 Å². The van der Waals surface area contributed by atoms with Crippen LogP contribution in [0.3, 0.4) is 0 Å². The Hall–Kier alpha value is -3.11. The van der Waals surface area contributed by atoms with Crippen LogP contribution >= 0.6 is 0 Å². The van der Waals surface area contributed by atoms with E-state index < -0.39 is 0 Å². The fourth-order valence-electron chi connectivity index (χ4n) is 7.56. The number of piperidine rings is 1. The van der Waals surface area contributed by atoms with Gasteiger partial charge < -0.3 is 14.5 Å². The molecule has 38 heavy (non-hydrogen) atoms. The molecule has 1 aliphatic carbocycles. The first-order valence-corrected chi connectivity index (χ1v) is 14.3.